The molecule has 0 aromatic heterocycles. The monoisotopic (exact) mass is 350 g/mol. The first-order valence-corrected chi connectivity index (χ1v) is 7.97. The molecule has 1 heterocycles. The van der Waals surface area contributed by atoms with Gasteiger partial charge in [-0.25, -0.2) is 9.18 Å². The van der Waals surface area contributed by atoms with Crippen molar-refractivity contribution >= 4 is 17.6 Å². The van der Waals surface area contributed by atoms with Crippen molar-refractivity contribution in [1.29, 1.82) is 0 Å². The minimum Gasteiger partial charge on any atom is -0.451 e. The molecule has 1 saturated heterocycles. The molecule has 0 saturated carbocycles. The van der Waals surface area contributed by atoms with Crippen LogP contribution in [0.15, 0.2) is 48.5 Å². The molecule has 6 heteroatoms. The van der Waals surface area contributed by atoms with Gasteiger partial charge in [-0.05, 0) is 36.2 Å². The van der Waals surface area contributed by atoms with E-state index < -0.39 is 30.3 Å². The first-order chi connectivity index (χ1) is 11.5. The standard InChI is InChI=1S/C18H16ClFO4/c19-13-7-6-12(10-14(13)20)17(15-8-9-16(21)23-15)24-18(22)11-4-2-1-3-5-11/h1-7,10,15-17,21H,8-9H2. The summed E-state index contributed by atoms with van der Waals surface area (Å²) in [6.45, 7) is 0. The Labute approximate surface area is 143 Å². The van der Waals surface area contributed by atoms with Gasteiger partial charge < -0.3 is 14.6 Å². The third-order valence-corrected chi connectivity index (χ3v) is 4.19. The fourth-order valence-corrected chi connectivity index (χ4v) is 2.79. The number of hydrogen-bond acceptors (Lipinski definition) is 4. The zero-order valence-electron chi connectivity index (χ0n) is 12.7. The van der Waals surface area contributed by atoms with Gasteiger partial charge in [0.15, 0.2) is 12.4 Å². The first kappa shape index (κ1) is 16.9. The molecule has 0 bridgehead atoms. The molecule has 1 aliphatic heterocycles. The van der Waals surface area contributed by atoms with E-state index in [-0.39, 0.29) is 5.02 Å². The third kappa shape index (κ3) is 3.75. The van der Waals surface area contributed by atoms with E-state index in [0.29, 0.717) is 24.0 Å². The number of aliphatic hydroxyl groups is 1. The molecule has 2 aromatic rings. The molecule has 0 aliphatic carbocycles. The molecule has 3 unspecified atom stereocenters. The van der Waals surface area contributed by atoms with E-state index in [4.69, 9.17) is 21.1 Å². The van der Waals surface area contributed by atoms with Gasteiger partial charge in [0.25, 0.3) is 0 Å². The molecule has 0 spiro atoms. The van der Waals surface area contributed by atoms with Crippen molar-refractivity contribution in [3.63, 3.8) is 0 Å². The van der Waals surface area contributed by atoms with Crippen LogP contribution in [0.25, 0.3) is 0 Å². The van der Waals surface area contributed by atoms with E-state index >= 15 is 0 Å². The lowest BCUT2D eigenvalue weighted by atomic mass is 10.0. The van der Waals surface area contributed by atoms with Crippen LogP contribution < -0.4 is 0 Å². The number of esters is 1. The van der Waals surface area contributed by atoms with Crippen molar-refractivity contribution in [1.82, 2.24) is 0 Å². The molecule has 1 N–H and O–H groups in total. The molecular weight excluding hydrogens is 335 g/mol. The minimum absolute atomic E-state index is 0.0146. The molecule has 24 heavy (non-hydrogen) atoms. The van der Waals surface area contributed by atoms with Crippen molar-refractivity contribution in [2.45, 2.75) is 31.3 Å². The Morgan fingerprint density at radius 3 is 2.62 bits per heavy atom. The van der Waals surface area contributed by atoms with Gasteiger partial charge in [0.2, 0.25) is 0 Å². The van der Waals surface area contributed by atoms with Crippen LogP contribution >= 0.6 is 11.6 Å². The number of ether oxygens (including phenoxy) is 2. The van der Waals surface area contributed by atoms with E-state index in [1.807, 2.05) is 0 Å². The highest BCUT2D eigenvalue weighted by molar-refractivity contribution is 6.30. The lowest BCUT2D eigenvalue weighted by Gasteiger charge is -2.24. The zero-order chi connectivity index (χ0) is 17.1. The van der Waals surface area contributed by atoms with Crippen molar-refractivity contribution in [2.24, 2.45) is 0 Å². The molecule has 2 aromatic carbocycles. The topological polar surface area (TPSA) is 55.8 Å². The maximum atomic E-state index is 13.8. The van der Waals surface area contributed by atoms with Crippen molar-refractivity contribution in [3.05, 3.63) is 70.5 Å². The quantitative estimate of drug-likeness (QED) is 0.850. The summed E-state index contributed by atoms with van der Waals surface area (Å²) in [7, 11) is 0. The van der Waals surface area contributed by atoms with Gasteiger partial charge in [0, 0.05) is 6.42 Å². The fraction of sp³-hybridized carbons (Fsp3) is 0.278. The lowest BCUT2D eigenvalue weighted by molar-refractivity contribution is -0.124. The van der Waals surface area contributed by atoms with Gasteiger partial charge in [-0.2, -0.15) is 0 Å². The number of hydrogen-bond donors (Lipinski definition) is 1. The Balaban J connectivity index is 1.87. The molecule has 0 radical (unpaired) electrons. The second-order valence-corrected chi connectivity index (χ2v) is 5.98. The maximum Gasteiger partial charge on any atom is 0.338 e. The largest absolute Gasteiger partial charge is 0.451 e. The molecule has 1 fully saturated rings. The summed E-state index contributed by atoms with van der Waals surface area (Å²) in [5.74, 6) is -1.14. The summed E-state index contributed by atoms with van der Waals surface area (Å²) in [6.07, 6.45) is -1.36. The zero-order valence-corrected chi connectivity index (χ0v) is 13.4. The predicted octanol–water partition coefficient (Wildman–Crippen LogP) is 3.87. The Bertz CT molecular complexity index is 722. The van der Waals surface area contributed by atoms with Crippen LogP contribution in [0.5, 0.6) is 0 Å². The van der Waals surface area contributed by atoms with E-state index in [1.165, 1.54) is 12.1 Å². The van der Waals surface area contributed by atoms with E-state index in [0.717, 1.165) is 0 Å². The molecule has 3 rings (SSSR count). The van der Waals surface area contributed by atoms with Gasteiger partial charge in [-0.1, -0.05) is 35.9 Å². The average molecular weight is 351 g/mol. The Morgan fingerprint density at radius 2 is 2.00 bits per heavy atom. The Morgan fingerprint density at radius 1 is 1.25 bits per heavy atom. The molecule has 3 atom stereocenters. The van der Waals surface area contributed by atoms with Crippen molar-refractivity contribution < 1.29 is 23.8 Å². The van der Waals surface area contributed by atoms with Gasteiger partial charge in [0.05, 0.1) is 10.6 Å². The summed E-state index contributed by atoms with van der Waals surface area (Å²) < 4.78 is 24.8. The second kappa shape index (κ2) is 7.30. The number of halogens is 2. The van der Waals surface area contributed by atoms with Gasteiger partial charge in [-0.3, -0.25) is 0 Å². The van der Waals surface area contributed by atoms with E-state index in [9.17, 15) is 14.3 Å². The van der Waals surface area contributed by atoms with Crippen LogP contribution in [0, 0.1) is 5.82 Å². The highest BCUT2D eigenvalue weighted by Gasteiger charge is 2.35. The third-order valence-electron chi connectivity index (χ3n) is 3.88. The summed E-state index contributed by atoms with van der Waals surface area (Å²) in [5, 5.41) is 9.57. The highest BCUT2D eigenvalue weighted by atomic mass is 35.5. The Hall–Kier alpha value is -1.95. The van der Waals surface area contributed by atoms with Gasteiger partial charge in [-0.15, -0.1) is 0 Å². The molecule has 126 valence electrons. The number of benzene rings is 2. The van der Waals surface area contributed by atoms with Gasteiger partial charge >= 0.3 is 5.97 Å². The van der Waals surface area contributed by atoms with Crippen molar-refractivity contribution in [2.75, 3.05) is 0 Å². The molecule has 1 aliphatic rings. The fourth-order valence-electron chi connectivity index (χ4n) is 2.67. The van der Waals surface area contributed by atoms with Crippen LogP contribution in [-0.4, -0.2) is 23.5 Å². The van der Waals surface area contributed by atoms with Crippen molar-refractivity contribution in [3.8, 4) is 0 Å². The Kier molecular flexibility index (Phi) is 5.14. The average Bonchev–Trinajstić information content (AvgIpc) is 3.02. The lowest BCUT2D eigenvalue weighted by Crippen LogP contribution is -2.25. The SMILES string of the molecule is O=C(OC(c1ccc(Cl)c(F)c1)C1CCC(O)O1)c1ccccc1. The van der Waals surface area contributed by atoms with Crippen LogP contribution in [0.4, 0.5) is 4.39 Å². The smallest absolute Gasteiger partial charge is 0.338 e. The van der Waals surface area contributed by atoms with Crippen LogP contribution in [-0.2, 0) is 9.47 Å². The second-order valence-electron chi connectivity index (χ2n) is 5.57. The number of carbonyl (C=O) groups excluding carboxylic acids is 1. The summed E-state index contributed by atoms with van der Waals surface area (Å²) in [5.41, 5.74) is 0.816. The minimum atomic E-state index is -0.912. The van der Waals surface area contributed by atoms with Crippen LogP contribution in [0.1, 0.15) is 34.9 Å². The molecule has 4 nitrogen and oxygen atoms in total. The van der Waals surface area contributed by atoms with Gasteiger partial charge in [0.1, 0.15) is 11.9 Å². The normalized spacial score (nSPS) is 21.5. The summed E-state index contributed by atoms with van der Waals surface area (Å²) in [6, 6.07) is 12.7. The van der Waals surface area contributed by atoms with E-state index in [2.05, 4.69) is 0 Å². The number of aliphatic hydroxyl groups excluding tert-OH is 1. The predicted molar refractivity (Wildman–Crippen MR) is 86.1 cm³/mol. The number of carbonyl (C=O) groups is 1. The number of rotatable bonds is 4. The molecular formula is C18H16ClFO4. The van der Waals surface area contributed by atoms with Crippen LogP contribution in [0.3, 0.4) is 0 Å². The molecule has 0 amide bonds. The van der Waals surface area contributed by atoms with E-state index in [1.54, 1.807) is 36.4 Å². The summed E-state index contributed by atoms with van der Waals surface area (Å²) >= 11 is 5.72. The highest BCUT2D eigenvalue weighted by Crippen LogP contribution is 2.34. The summed E-state index contributed by atoms with van der Waals surface area (Å²) in [4.78, 5) is 12.4. The van der Waals surface area contributed by atoms with Crippen LogP contribution in [0.2, 0.25) is 5.02 Å². The maximum absolute atomic E-state index is 13.8. The first-order valence-electron chi connectivity index (χ1n) is 7.59.